The van der Waals surface area contributed by atoms with Crippen LogP contribution in [0.3, 0.4) is 0 Å². The van der Waals surface area contributed by atoms with E-state index in [1.807, 2.05) is 0 Å². The van der Waals surface area contributed by atoms with Gasteiger partial charge in [-0.05, 0) is 42.5 Å². The van der Waals surface area contributed by atoms with Crippen molar-refractivity contribution >= 4 is 23.5 Å². The molecule has 2 aromatic rings. The Balaban J connectivity index is 2.30. The number of halogens is 1. The molecule has 0 aliphatic rings. The molecule has 0 fully saturated rings. The highest BCUT2D eigenvalue weighted by atomic mass is 35.5. The maximum atomic E-state index is 12.2. The van der Waals surface area contributed by atoms with Crippen LogP contribution in [0.5, 0.6) is 17.2 Å². The molecule has 0 aromatic heterocycles. The molecule has 0 aliphatic heterocycles. The summed E-state index contributed by atoms with van der Waals surface area (Å²) in [6.07, 6.45) is 3.16. The van der Waals surface area contributed by atoms with Crippen LogP contribution in [0.15, 0.2) is 42.5 Å². The molecular formula is C18H17ClO4. The molecule has 0 aliphatic carbocycles. The van der Waals surface area contributed by atoms with Gasteiger partial charge in [-0.15, -0.1) is 0 Å². The third-order valence-corrected chi connectivity index (χ3v) is 3.53. The van der Waals surface area contributed by atoms with E-state index in [1.54, 1.807) is 63.8 Å². The second-order valence-corrected chi connectivity index (χ2v) is 5.09. The van der Waals surface area contributed by atoms with Crippen LogP contribution in [0.1, 0.15) is 15.9 Å². The second kappa shape index (κ2) is 7.70. The molecule has 0 bridgehead atoms. The Morgan fingerprint density at radius 1 is 0.913 bits per heavy atom. The van der Waals surface area contributed by atoms with Crippen LogP contribution < -0.4 is 14.2 Å². The van der Waals surface area contributed by atoms with Gasteiger partial charge in [-0.3, -0.25) is 4.79 Å². The fourth-order valence-electron chi connectivity index (χ4n) is 2.06. The molecule has 0 radical (unpaired) electrons. The van der Waals surface area contributed by atoms with E-state index >= 15 is 0 Å². The van der Waals surface area contributed by atoms with Crippen molar-refractivity contribution in [3.63, 3.8) is 0 Å². The normalized spacial score (nSPS) is 10.6. The molecule has 4 nitrogen and oxygen atoms in total. The predicted octanol–water partition coefficient (Wildman–Crippen LogP) is 4.26. The summed E-state index contributed by atoms with van der Waals surface area (Å²) in [4.78, 5) is 12.2. The Bertz CT molecular complexity index is 721. The smallest absolute Gasteiger partial charge is 0.185 e. The molecule has 0 spiro atoms. The van der Waals surface area contributed by atoms with Gasteiger partial charge in [0.05, 0.1) is 21.3 Å². The standard InChI is InChI=1S/C18H17ClO4/c1-21-16-11-18(23-3)17(22-2)10-13(16)6-9-15(20)12-4-7-14(19)8-5-12/h4-11H,1-3H3/b9-6+. The quantitative estimate of drug-likeness (QED) is 0.585. The van der Waals surface area contributed by atoms with Crippen LogP contribution in [0, 0.1) is 0 Å². The first-order chi connectivity index (χ1) is 11.1. The van der Waals surface area contributed by atoms with Crippen LogP contribution in [-0.2, 0) is 0 Å². The van der Waals surface area contributed by atoms with E-state index < -0.39 is 0 Å². The SMILES string of the molecule is COc1cc(OC)c(OC)cc1/C=C/C(=O)c1ccc(Cl)cc1. The highest BCUT2D eigenvalue weighted by Gasteiger charge is 2.10. The number of carbonyl (C=O) groups excluding carboxylic acids is 1. The van der Waals surface area contributed by atoms with Gasteiger partial charge < -0.3 is 14.2 Å². The van der Waals surface area contributed by atoms with Crippen LogP contribution in [-0.4, -0.2) is 27.1 Å². The minimum Gasteiger partial charge on any atom is -0.496 e. The van der Waals surface area contributed by atoms with Crippen molar-refractivity contribution in [3.05, 3.63) is 58.6 Å². The fourth-order valence-corrected chi connectivity index (χ4v) is 2.18. The number of hydrogen-bond donors (Lipinski definition) is 0. The van der Waals surface area contributed by atoms with Gasteiger partial charge in [0.25, 0.3) is 0 Å². The van der Waals surface area contributed by atoms with Gasteiger partial charge in [-0.1, -0.05) is 11.6 Å². The van der Waals surface area contributed by atoms with Gasteiger partial charge in [-0.2, -0.15) is 0 Å². The van der Waals surface area contributed by atoms with Gasteiger partial charge in [0, 0.05) is 22.2 Å². The summed E-state index contributed by atoms with van der Waals surface area (Å²) in [5.41, 5.74) is 1.28. The number of ketones is 1. The first kappa shape index (κ1) is 16.9. The average Bonchev–Trinajstić information content (AvgIpc) is 2.59. The van der Waals surface area contributed by atoms with Gasteiger partial charge in [0.15, 0.2) is 17.3 Å². The number of methoxy groups -OCH3 is 3. The summed E-state index contributed by atoms with van der Waals surface area (Å²) in [5.74, 6) is 1.58. The van der Waals surface area contributed by atoms with Crippen molar-refractivity contribution in [2.75, 3.05) is 21.3 Å². The van der Waals surface area contributed by atoms with Gasteiger partial charge in [-0.25, -0.2) is 0 Å². The van der Waals surface area contributed by atoms with E-state index in [0.717, 1.165) is 0 Å². The third-order valence-electron chi connectivity index (χ3n) is 3.28. The summed E-state index contributed by atoms with van der Waals surface area (Å²) >= 11 is 5.82. The van der Waals surface area contributed by atoms with Crippen molar-refractivity contribution in [3.8, 4) is 17.2 Å². The summed E-state index contributed by atoms with van der Waals surface area (Å²) in [6, 6.07) is 10.2. The summed E-state index contributed by atoms with van der Waals surface area (Å²) in [6.45, 7) is 0. The zero-order valence-corrected chi connectivity index (χ0v) is 13.9. The lowest BCUT2D eigenvalue weighted by Crippen LogP contribution is -1.96. The van der Waals surface area contributed by atoms with Crippen molar-refractivity contribution in [2.24, 2.45) is 0 Å². The largest absolute Gasteiger partial charge is 0.496 e. The lowest BCUT2D eigenvalue weighted by molar-refractivity contribution is 0.104. The van der Waals surface area contributed by atoms with Gasteiger partial charge in [0.1, 0.15) is 5.75 Å². The average molecular weight is 333 g/mol. The maximum Gasteiger partial charge on any atom is 0.185 e. The Morgan fingerprint density at radius 3 is 2.04 bits per heavy atom. The minimum absolute atomic E-state index is 0.126. The van der Waals surface area contributed by atoms with Crippen LogP contribution in [0.2, 0.25) is 5.02 Å². The Hall–Kier alpha value is -2.46. The lowest BCUT2D eigenvalue weighted by Gasteiger charge is -2.12. The second-order valence-electron chi connectivity index (χ2n) is 4.65. The van der Waals surface area contributed by atoms with E-state index in [2.05, 4.69) is 0 Å². The molecule has 5 heteroatoms. The lowest BCUT2D eigenvalue weighted by atomic mass is 10.1. The first-order valence-electron chi connectivity index (χ1n) is 6.87. The van der Waals surface area contributed by atoms with E-state index in [1.165, 1.54) is 6.08 Å². The molecule has 0 atom stereocenters. The molecule has 0 unspecified atom stereocenters. The zero-order chi connectivity index (χ0) is 16.8. The molecule has 0 saturated carbocycles. The molecule has 120 valence electrons. The number of ether oxygens (including phenoxy) is 3. The molecule has 0 saturated heterocycles. The minimum atomic E-state index is -0.126. The van der Waals surface area contributed by atoms with Crippen LogP contribution >= 0.6 is 11.6 Å². The summed E-state index contributed by atoms with van der Waals surface area (Å²) in [5, 5.41) is 0.590. The van der Waals surface area contributed by atoms with Gasteiger partial charge in [0.2, 0.25) is 0 Å². The van der Waals surface area contributed by atoms with E-state index in [9.17, 15) is 4.79 Å². The first-order valence-corrected chi connectivity index (χ1v) is 7.24. The van der Waals surface area contributed by atoms with Crippen LogP contribution in [0.25, 0.3) is 6.08 Å². The summed E-state index contributed by atoms with van der Waals surface area (Å²) in [7, 11) is 4.66. The van der Waals surface area contributed by atoms with Crippen molar-refractivity contribution in [1.82, 2.24) is 0 Å². The van der Waals surface area contributed by atoms with E-state index in [-0.39, 0.29) is 5.78 Å². The van der Waals surface area contributed by atoms with E-state index in [4.69, 9.17) is 25.8 Å². The fraction of sp³-hybridized carbons (Fsp3) is 0.167. The third kappa shape index (κ3) is 4.05. The van der Waals surface area contributed by atoms with Gasteiger partial charge >= 0.3 is 0 Å². The Labute approximate surface area is 140 Å². The Morgan fingerprint density at radius 2 is 1.48 bits per heavy atom. The number of carbonyl (C=O) groups is 1. The number of benzene rings is 2. The number of hydrogen-bond acceptors (Lipinski definition) is 4. The Kier molecular flexibility index (Phi) is 5.66. The molecule has 0 amide bonds. The monoisotopic (exact) mass is 332 g/mol. The number of allylic oxidation sites excluding steroid dienone is 1. The van der Waals surface area contributed by atoms with E-state index in [0.29, 0.717) is 33.4 Å². The van der Waals surface area contributed by atoms with Crippen molar-refractivity contribution < 1.29 is 19.0 Å². The van der Waals surface area contributed by atoms with Crippen LogP contribution in [0.4, 0.5) is 0 Å². The van der Waals surface area contributed by atoms with Crippen molar-refractivity contribution in [2.45, 2.75) is 0 Å². The maximum absolute atomic E-state index is 12.2. The molecule has 0 N–H and O–H groups in total. The topological polar surface area (TPSA) is 44.8 Å². The highest BCUT2D eigenvalue weighted by Crippen LogP contribution is 2.35. The predicted molar refractivity (Wildman–Crippen MR) is 90.9 cm³/mol. The molecule has 23 heavy (non-hydrogen) atoms. The molecule has 0 heterocycles. The number of rotatable bonds is 6. The van der Waals surface area contributed by atoms with Crippen molar-refractivity contribution in [1.29, 1.82) is 0 Å². The molecule has 2 aromatic carbocycles. The zero-order valence-electron chi connectivity index (χ0n) is 13.1. The highest BCUT2D eigenvalue weighted by molar-refractivity contribution is 6.30. The summed E-state index contributed by atoms with van der Waals surface area (Å²) < 4.78 is 15.8. The molecule has 2 rings (SSSR count). The molecular weight excluding hydrogens is 316 g/mol.